The van der Waals surface area contributed by atoms with Gasteiger partial charge in [-0.05, 0) is 30.3 Å². The van der Waals surface area contributed by atoms with E-state index < -0.39 is 0 Å². The molecule has 1 aromatic heterocycles. The van der Waals surface area contributed by atoms with Crippen molar-refractivity contribution >= 4 is 23.0 Å². The van der Waals surface area contributed by atoms with Gasteiger partial charge in [0.15, 0.2) is 0 Å². The molecule has 1 aliphatic heterocycles. The molecule has 4 nitrogen and oxygen atoms in total. The maximum atomic E-state index is 10.7. The van der Waals surface area contributed by atoms with Crippen LogP contribution < -0.4 is 4.90 Å². The van der Waals surface area contributed by atoms with Gasteiger partial charge in [0.2, 0.25) is 0 Å². The minimum absolute atomic E-state index is 0.684. The van der Waals surface area contributed by atoms with E-state index >= 15 is 0 Å². The fraction of sp³-hybridized carbons (Fsp3) is 0.286. The molecule has 0 radical (unpaired) electrons. The first-order valence-corrected chi connectivity index (χ1v) is 6.05. The molecule has 0 bridgehead atoms. The number of nitrogens with zero attached hydrogens (tertiary/aromatic N) is 2. The van der Waals surface area contributed by atoms with E-state index in [1.54, 1.807) is 6.07 Å². The number of morpholine rings is 1. The summed E-state index contributed by atoms with van der Waals surface area (Å²) in [4.78, 5) is 17.6. The summed E-state index contributed by atoms with van der Waals surface area (Å²) in [7, 11) is 0. The molecule has 2 aromatic rings. The number of aromatic nitrogens is 1. The van der Waals surface area contributed by atoms with Gasteiger partial charge in [-0.25, -0.2) is 4.98 Å². The molecule has 4 heteroatoms. The van der Waals surface area contributed by atoms with Crippen LogP contribution >= 0.6 is 0 Å². The van der Waals surface area contributed by atoms with Crippen LogP contribution in [-0.4, -0.2) is 37.6 Å². The molecule has 0 unspecified atom stereocenters. The Bertz CT molecular complexity index is 577. The second kappa shape index (κ2) is 4.74. The summed E-state index contributed by atoms with van der Waals surface area (Å²) in [6.45, 7) is 3.27. The number of rotatable bonds is 2. The van der Waals surface area contributed by atoms with Crippen molar-refractivity contribution in [2.24, 2.45) is 0 Å². The lowest BCUT2D eigenvalue weighted by Gasteiger charge is -2.27. The van der Waals surface area contributed by atoms with Crippen molar-refractivity contribution in [1.82, 2.24) is 4.98 Å². The lowest BCUT2D eigenvalue weighted by Crippen LogP contribution is -2.36. The lowest BCUT2D eigenvalue weighted by molar-refractivity contribution is 0.112. The average molecular weight is 242 g/mol. The number of aldehydes is 1. The van der Waals surface area contributed by atoms with E-state index in [0.717, 1.165) is 49.3 Å². The standard InChI is InChI=1S/C14H14N2O2/c17-10-11-1-3-13-12(9-11)2-4-14(15-13)16-5-7-18-8-6-16/h1-4,9-10H,5-8H2. The third-order valence-electron chi connectivity index (χ3n) is 3.17. The topological polar surface area (TPSA) is 42.4 Å². The third kappa shape index (κ3) is 2.07. The van der Waals surface area contributed by atoms with Gasteiger partial charge in [-0.15, -0.1) is 0 Å². The van der Waals surface area contributed by atoms with Crippen LogP contribution in [0.2, 0.25) is 0 Å². The van der Waals surface area contributed by atoms with Crippen LogP contribution in [0.1, 0.15) is 10.4 Å². The minimum atomic E-state index is 0.684. The summed E-state index contributed by atoms with van der Waals surface area (Å²) in [5.74, 6) is 0.977. The fourth-order valence-corrected chi connectivity index (χ4v) is 2.18. The summed E-state index contributed by atoms with van der Waals surface area (Å²) < 4.78 is 5.33. The molecule has 18 heavy (non-hydrogen) atoms. The van der Waals surface area contributed by atoms with Gasteiger partial charge in [0, 0.05) is 24.0 Å². The Hall–Kier alpha value is -1.94. The number of hydrogen-bond acceptors (Lipinski definition) is 4. The Labute approximate surface area is 105 Å². The van der Waals surface area contributed by atoms with Gasteiger partial charge < -0.3 is 9.64 Å². The van der Waals surface area contributed by atoms with Crippen molar-refractivity contribution in [2.75, 3.05) is 31.2 Å². The van der Waals surface area contributed by atoms with Gasteiger partial charge in [-0.3, -0.25) is 4.79 Å². The van der Waals surface area contributed by atoms with Crippen LogP contribution in [0.4, 0.5) is 5.82 Å². The molecule has 0 amide bonds. The first-order chi connectivity index (χ1) is 8.86. The van der Waals surface area contributed by atoms with Crippen molar-refractivity contribution in [3.63, 3.8) is 0 Å². The lowest BCUT2D eigenvalue weighted by atomic mass is 10.1. The van der Waals surface area contributed by atoms with E-state index in [0.29, 0.717) is 5.56 Å². The summed E-state index contributed by atoms with van der Waals surface area (Å²) in [5.41, 5.74) is 1.60. The highest BCUT2D eigenvalue weighted by molar-refractivity contribution is 5.87. The summed E-state index contributed by atoms with van der Waals surface area (Å²) in [6.07, 6.45) is 0.856. The maximum absolute atomic E-state index is 10.7. The first-order valence-electron chi connectivity index (χ1n) is 6.05. The molecule has 0 N–H and O–H groups in total. The number of hydrogen-bond donors (Lipinski definition) is 0. The fourth-order valence-electron chi connectivity index (χ4n) is 2.18. The van der Waals surface area contributed by atoms with Gasteiger partial charge in [-0.2, -0.15) is 0 Å². The zero-order valence-corrected chi connectivity index (χ0v) is 10.0. The molecule has 2 heterocycles. The van der Waals surface area contributed by atoms with Crippen molar-refractivity contribution in [1.29, 1.82) is 0 Å². The van der Waals surface area contributed by atoms with Crippen LogP contribution in [0.3, 0.4) is 0 Å². The van der Waals surface area contributed by atoms with Crippen molar-refractivity contribution < 1.29 is 9.53 Å². The Morgan fingerprint density at radius 1 is 1.17 bits per heavy atom. The Morgan fingerprint density at radius 3 is 2.78 bits per heavy atom. The molecule has 1 fully saturated rings. The van der Waals surface area contributed by atoms with Gasteiger partial charge in [-0.1, -0.05) is 0 Å². The molecular weight excluding hydrogens is 228 g/mol. The van der Waals surface area contributed by atoms with Crippen molar-refractivity contribution in [3.8, 4) is 0 Å². The van der Waals surface area contributed by atoms with Crippen LogP contribution in [0.5, 0.6) is 0 Å². The summed E-state index contributed by atoms with van der Waals surface area (Å²) >= 11 is 0. The van der Waals surface area contributed by atoms with Crippen LogP contribution in [0.15, 0.2) is 30.3 Å². The molecule has 3 rings (SSSR count). The molecular formula is C14H14N2O2. The summed E-state index contributed by atoms with van der Waals surface area (Å²) in [5, 5.41) is 0.997. The predicted octanol–water partition coefficient (Wildman–Crippen LogP) is 1.88. The number of carbonyl (C=O) groups excluding carboxylic acids is 1. The molecule has 0 saturated carbocycles. The molecule has 92 valence electrons. The van der Waals surface area contributed by atoms with Crippen molar-refractivity contribution in [2.45, 2.75) is 0 Å². The monoisotopic (exact) mass is 242 g/mol. The average Bonchev–Trinajstić information content (AvgIpc) is 2.47. The Balaban J connectivity index is 1.97. The van der Waals surface area contributed by atoms with E-state index in [9.17, 15) is 4.79 Å². The minimum Gasteiger partial charge on any atom is -0.378 e. The smallest absolute Gasteiger partial charge is 0.150 e. The first kappa shape index (κ1) is 11.2. The number of fused-ring (bicyclic) bond motifs is 1. The SMILES string of the molecule is O=Cc1ccc2nc(N3CCOCC3)ccc2c1. The highest BCUT2D eigenvalue weighted by Gasteiger charge is 2.12. The zero-order valence-electron chi connectivity index (χ0n) is 10.0. The second-order valence-corrected chi connectivity index (χ2v) is 4.34. The summed E-state index contributed by atoms with van der Waals surface area (Å²) in [6, 6.07) is 9.56. The van der Waals surface area contributed by atoms with Crippen molar-refractivity contribution in [3.05, 3.63) is 35.9 Å². The van der Waals surface area contributed by atoms with Gasteiger partial charge in [0.05, 0.1) is 18.7 Å². The molecule has 0 atom stereocenters. The highest BCUT2D eigenvalue weighted by Crippen LogP contribution is 2.19. The van der Waals surface area contributed by atoms with E-state index in [1.165, 1.54) is 0 Å². The van der Waals surface area contributed by atoms with E-state index in [4.69, 9.17) is 4.74 Å². The normalized spacial score (nSPS) is 15.9. The van der Waals surface area contributed by atoms with Gasteiger partial charge >= 0.3 is 0 Å². The molecule has 0 aliphatic carbocycles. The molecule has 0 spiro atoms. The second-order valence-electron chi connectivity index (χ2n) is 4.34. The Morgan fingerprint density at radius 2 is 2.00 bits per heavy atom. The van der Waals surface area contributed by atoms with Crippen LogP contribution in [-0.2, 0) is 4.74 Å². The van der Waals surface area contributed by atoms with E-state index in [-0.39, 0.29) is 0 Å². The van der Waals surface area contributed by atoms with Crippen LogP contribution in [0.25, 0.3) is 10.9 Å². The quantitative estimate of drug-likeness (QED) is 0.754. The van der Waals surface area contributed by atoms with E-state index in [1.807, 2.05) is 24.3 Å². The molecule has 1 saturated heterocycles. The number of ether oxygens (including phenoxy) is 1. The molecule has 1 aromatic carbocycles. The van der Waals surface area contributed by atoms with Crippen LogP contribution in [0, 0.1) is 0 Å². The zero-order chi connectivity index (χ0) is 12.4. The maximum Gasteiger partial charge on any atom is 0.150 e. The van der Waals surface area contributed by atoms with Gasteiger partial charge in [0.25, 0.3) is 0 Å². The highest BCUT2D eigenvalue weighted by atomic mass is 16.5. The largest absolute Gasteiger partial charge is 0.378 e. The number of benzene rings is 1. The molecule has 1 aliphatic rings. The third-order valence-corrected chi connectivity index (χ3v) is 3.17. The van der Waals surface area contributed by atoms with E-state index in [2.05, 4.69) is 9.88 Å². The number of carbonyl (C=O) groups is 1. The van der Waals surface area contributed by atoms with Gasteiger partial charge in [0.1, 0.15) is 12.1 Å². The predicted molar refractivity (Wildman–Crippen MR) is 70.2 cm³/mol. The number of pyridine rings is 1. The Kier molecular flexibility index (Phi) is 2.94. The number of anilines is 1.